The Balaban J connectivity index is 0.00000256. The lowest BCUT2D eigenvalue weighted by molar-refractivity contribution is -0.695. The number of pyridine rings is 1. The Morgan fingerprint density at radius 1 is 1.03 bits per heavy atom. The van der Waals surface area contributed by atoms with Crippen LogP contribution in [0.15, 0.2) is 66.9 Å². The zero-order valence-electron chi connectivity index (χ0n) is 16.6. The molecule has 0 saturated heterocycles. The van der Waals surface area contributed by atoms with E-state index < -0.39 is 6.04 Å². The summed E-state index contributed by atoms with van der Waals surface area (Å²) in [6.45, 7) is 4.08. The lowest BCUT2D eigenvalue weighted by Crippen LogP contribution is -3.00. The Kier molecular flexibility index (Phi) is 6.77. The topological polar surface area (TPSA) is 53.3 Å². The number of halogens is 2. The zero-order valence-corrected chi connectivity index (χ0v) is 19.5. The summed E-state index contributed by atoms with van der Waals surface area (Å²) in [7, 11) is 0. The third-order valence-corrected chi connectivity index (χ3v) is 5.42. The highest BCUT2D eigenvalue weighted by Crippen LogP contribution is 2.31. The molecule has 7 heteroatoms. The van der Waals surface area contributed by atoms with Crippen LogP contribution in [0.4, 0.5) is 11.4 Å². The van der Waals surface area contributed by atoms with Gasteiger partial charge in [-0.05, 0) is 49.2 Å². The molecule has 0 aliphatic carbocycles. The number of carbonyl (C=O) groups excluding carboxylic acids is 2. The monoisotopic (exact) mass is 533 g/mol. The number of nitrogens with one attached hydrogen (secondary N) is 1. The van der Waals surface area contributed by atoms with Gasteiger partial charge in [0.05, 0.1) is 0 Å². The van der Waals surface area contributed by atoms with Crippen LogP contribution in [0, 0.1) is 13.8 Å². The molecule has 1 aliphatic heterocycles. The number of para-hydroxylation sites is 1. The van der Waals surface area contributed by atoms with Crippen LogP contribution in [0.5, 0.6) is 0 Å². The number of anilines is 2. The quantitative estimate of drug-likeness (QED) is 0.403. The average molecular weight is 534 g/mol. The van der Waals surface area contributed by atoms with Crippen molar-refractivity contribution >= 4 is 34.8 Å². The minimum Gasteiger partial charge on any atom is -1.00 e. The second-order valence-electron chi connectivity index (χ2n) is 7.15. The summed E-state index contributed by atoms with van der Waals surface area (Å²) in [5.41, 5.74) is 4.11. The van der Waals surface area contributed by atoms with Crippen molar-refractivity contribution in [2.75, 3.05) is 10.2 Å². The number of nitrogens with zero attached hydrogens (tertiary/aromatic N) is 2. The Morgan fingerprint density at radius 2 is 1.70 bits per heavy atom. The fourth-order valence-corrected chi connectivity index (χ4v) is 3.86. The smallest absolute Gasteiger partial charge is 0.294 e. The number of aryl methyl sites for hydroxylation is 2. The number of aromatic nitrogens is 1. The number of benzene rings is 2. The van der Waals surface area contributed by atoms with Gasteiger partial charge in [0.15, 0.2) is 6.20 Å². The molecule has 0 spiro atoms. The van der Waals surface area contributed by atoms with Crippen molar-refractivity contribution in [3.8, 4) is 0 Å². The molecule has 2 heterocycles. The van der Waals surface area contributed by atoms with E-state index in [-0.39, 0.29) is 42.3 Å². The van der Waals surface area contributed by atoms with Gasteiger partial charge in [-0.3, -0.25) is 14.5 Å². The summed E-state index contributed by atoms with van der Waals surface area (Å²) in [5.74, 6) is -0.414. The van der Waals surface area contributed by atoms with Crippen molar-refractivity contribution in [2.24, 2.45) is 0 Å². The van der Waals surface area contributed by atoms with Gasteiger partial charge in [0, 0.05) is 28.5 Å². The SMILES string of the molecule is Cc1cccc(C)c1NC(=O)C1c2cccc[n+]2CC(=O)N1c1ccc(Cl)cc1.[I-]. The molecule has 30 heavy (non-hydrogen) atoms. The van der Waals surface area contributed by atoms with Crippen molar-refractivity contribution in [3.05, 3.63) is 88.7 Å². The normalized spacial score (nSPS) is 15.2. The average Bonchev–Trinajstić information content (AvgIpc) is 2.70. The molecule has 2 amide bonds. The first kappa shape index (κ1) is 22.2. The maximum atomic E-state index is 13.5. The maximum absolute atomic E-state index is 13.5. The summed E-state index contributed by atoms with van der Waals surface area (Å²) in [6.07, 6.45) is 1.83. The van der Waals surface area contributed by atoms with Crippen LogP contribution in [0.1, 0.15) is 22.9 Å². The third kappa shape index (κ3) is 4.20. The minimum absolute atomic E-state index is 0. The molecule has 0 radical (unpaired) electrons. The highest BCUT2D eigenvalue weighted by atomic mass is 127. The molecule has 1 atom stereocenters. The van der Waals surface area contributed by atoms with Gasteiger partial charge < -0.3 is 29.3 Å². The maximum Gasteiger partial charge on any atom is 0.294 e. The van der Waals surface area contributed by atoms with Crippen LogP contribution in [0.2, 0.25) is 5.02 Å². The number of fused-ring (bicyclic) bond motifs is 1. The molecule has 154 valence electrons. The van der Waals surface area contributed by atoms with Gasteiger partial charge in [0.25, 0.3) is 11.8 Å². The molecule has 5 nitrogen and oxygen atoms in total. The summed E-state index contributed by atoms with van der Waals surface area (Å²) in [5, 5.41) is 3.62. The van der Waals surface area contributed by atoms with Crippen LogP contribution < -0.4 is 38.8 Å². The molecule has 1 aromatic heterocycles. The molecule has 0 bridgehead atoms. The molecular weight excluding hydrogens is 513 g/mol. The molecule has 1 aliphatic rings. The highest BCUT2D eigenvalue weighted by molar-refractivity contribution is 6.30. The van der Waals surface area contributed by atoms with Crippen LogP contribution in [-0.2, 0) is 16.1 Å². The molecule has 1 N–H and O–H groups in total. The zero-order chi connectivity index (χ0) is 20.5. The number of hydrogen-bond acceptors (Lipinski definition) is 2. The van der Waals surface area contributed by atoms with E-state index in [2.05, 4.69) is 5.32 Å². The van der Waals surface area contributed by atoms with E-state index in [0.717, 1.165) is 22.5 Å². The lowest BCUT2D eigenvalue weighted by Gasteiger charge is -2.32. The van der Waals surface area contributed by atoms with Crippen molar-refractivity contribution in [1.82, 2.24) is 0 Å². The Morgan fingerprint density at radius 3 is 2.37 bits per heavy atom. The van der Waals surface area contributed by atoms with Crippen molar-refractivity contribution < 1.29 is 38.1 Å². The Bertz CT molecular complexity index is 1080. The van der Waals surface area contributed by atoms with Gasteiger partial charge in [-0.25, -0.2) is 0 Å². The molecule has 4 rings (SSSR count). The minimum atomic E-state index is -0.794. The second-order valence-corrected chi connectivity index (χ2v) is 7.59. The van der Waals surface area contributed by atoms with E-state index in [1.165, 1.54) is 0 Å². The van der Waals surface area contributed by atoms with E-state index in [1.807, 2.05) is 61.0 Å². The van der Waals surface area contributed by atoms with Crippen LogP contribution >= 0.6 is 11.6 Å². The van der Waals surface area contributed by atoms with E-state index >= 15 is 0 Å². The summed E-state index contributed by atoms with van der Waals surface area (Å²) < 4.78 is 1.82. The van der Waals surface area contributed by atoms with Gasteiger partial charge in [-0.2, -0.15) is 4.57 Å². The predicted octanol–water partition coefficient (Wildman–Crippen LogP) is 0.975. The van der Waals surface area contributed by atoms with Crippen LogP contribution in [0.3, 0.4) is 0 Å². The Hall–Kier alpha value is -2.45. The number of rotatable bonds is 3. The fourth-order valence-electron chi connectivity index (χ4n) is 3.73. The second kappa shape index (κ2) is 9.14. The van der Waals surface area contributed by atoms with Gasteiger partial charge in [0.2, 0.25) is 18.3 Å². The van der Waals surface area contributed by atoms with Gasteiger partial charge in [0.1, 0.15) is 0 Å². The van der Waals surface area contributed by atoms with Gasteiger partial charge in [-0.15, -0.1) is 0 Å². The predicted molar refractivity (Wildman–Crippen MR) is 113 cm³/mol. The first-order valence-corrected chi connectivity index (χ1v) is 9.76. The van der Waals surface area contributed by atoms with Gasteiger partial charge >= 0.3 is 0 Å². The van der Waals surface area contributed by atoms with Crippen molar-refractivity contribution in [1.29, 1.82) is 0 Å². The first-order chi connectivity index (χ1) is 14.0. The van der Waals surface area contributed by atoms with E-state index in [4.69, 9.17) is 11.6 Å². The molecule has 0 saturated carbocycles. The highest BCUT2D eigenvalue weighted by Gasteiger charge is 2.43. The Labute approximate surface area is 197 Å². The molecule has 2 aromatic carbocycles. The standard InChI is InChI=1S/C23H20ClN3O2.HI/c1-15-6-5-7-16(2)21(15)25-23(29)22-19-8-3-4-13-26(19)14-20(28)27(22)18-11-9-17(24)10-12-18;/h3-13,22H,14H2,1-2H3;1H. The van der Waals surface area contributed by atoms with Crippen molar-refractivity contribution in [2.45, 2.75) is 26.4 Å². The van der Waals surface area contributed by atoms with E-state index in [1.54, 1.807) is 29.2 Å². The first-order valence-electron chi connectivity index (χ1n) is 9.39. The van der Waals surface area contributed by atoms with E-state index in [9.17, 15) is 9.59 Å². The molecule has 3 aromatic rings. The summed E-state index contributed by atoms with van der Waals surface area (Å²) in [6, 6.07) is 17.6. The van der Waals surface area contributed by atoms with E-state index in [0.29, 0.717) is 10.7 Å². The number of carbonyl (C=O) groups is 2. The molecular formula is C23H21ClIN3O2. The third-order valence-electron chi connectivity index (χ3n) is 5.17. The number of hydrogen-bond donors (Lipinski definition) is 1. The lowest BCUT2D eigenvalue weighted by atomic mass is 10.0. The van der Waals surface area contributed by atoms with Crippen LogP contribution in [-0.4, -0.2) is 11.8 Å². The summed E-state index contributed by atoms with van der Waals surface area (Å²) in [4.78, 5) is 28.1. The van der Waals surface area contributed by atoms with Crippen LogP contribution in [0.25, 0.3) is 0 Å². The molecule has 0 fully saturated rings. The summed E-state index contributed by atoms with van der Waals surface area (Å²) >= 11 is 6.02. The van der Waals surface area contributed by atoms with Crippen molar-refractivity contribution in [3.63, 3.8) is 0 Å². The fraction of sp³-hybridized carbons (Fsp3) is 0.174. The number of amides is 2. The largest absolute Gasteiger partial charge is 1.00 e. The molecule has 1 unspecified atom stereocenters. The van der Waals surface area contributed by atoms with Gasteiger partial charge in [-0.1, -0.05) is 35.9 Å².